The molecular weight excluding hydrogens is 214 g/mol. The normalized spacial score (nSPS) is 13.3. The van der Waals surface area contributed by atoms with E-state index < -0.39 is 0 Å². The minimum Gasteiger partial charge on any atom is -0.472 e. The van der Waals surface area contributed by atoms with Gasteiger partial charge in [0, 0.05) is 13.1 Å². The molecule has 0 aliphatic carbocycles. The van der Waals surface area contributed by atoms with Crippen molar-refractivity contribution in [3.05, 3.63) is 36.3 Å². The van der Waals surface area contributed by atoms with Crippen LogP contribution in [-0.4, -0.2) is 23.9 Å². The van der Waals surface area contributed by atoms with Gasteiger partial charge in [0.1, 0.15) is 6.26 Å². The zero-order chi connectivity index (χ0) is 10.4. The number of allylic oxidation sites excluding steroid dienone is 2. The Labute approximate surface area is 96.5 Å². The van der Waals surface area contributed by atoms with Gasteiger partial charge in [-0.05, 0) is 26.0 Å². The first-order valence-corrected chi connectivity index (χ1v) is 4.77. The van der Waals surface area contributed by atoms with Crippen molar-refractivity contribution in [1.29, 1.82) is 0 Å². The molecule has 0 atom stereocenters. The van der Waals surface area contributed by atoms with Gasteiger partial charge in [-0.3, -0.25) is 4.79 Å². The van der Waals surface area contributed by atoms with Gasteiger partial charge >= 0.3 is 0 Å². The molecule has 0 saturated carbocycles. The van der Waals surface area contributed by atoms with E-state index in [-0.39, 0.29) is 18.3 Å². The van der Waals surface area contributed by atoms with E-state index in [0.29, 0.717) is 18.7 Å². The standard InChI is InChI=1S/C11H15NO2.ClH/c1-3-12(4-2)11(13)10-7-5-6-8-14-9-10;/h5-9H,3-4H2,1-2H3;1H. The van der Waals surface area contributed by atoms with Crippen LogP contribution in [0.5, 0.6) is 0 Å². The minimum absolute atomic E-state index is 0. The molecule has 0 N–H and O–H groups in total. The predicted octanol–water partition coefficient (Wildman–Crippen LogP) is 2.26. The summed E-state index contributed by atoms with van der Waals surface area (Å²) in [6.45, 7) is 5.35. The lowest BCUT2D eigenvalue weighted by molar-refractivity contribution is -0.126. The third kappa shape index (κ3) is 3.80. The Morgan fingerprint density at radius 2 is 2.00 bits per heavy atom. The third-order valence-electron chi connectivity index (χ3n) is 2.04. The summed E-state index contributed by atoms with van der Waals surface area (Å²) >= 11 is 0. The van der Waals surface area contributed by atoms with Gasteiger partial charge in [0.25, 0.3) is 5.91 Å². The summed E-state index contributed by atoms with van der Waals surface area (Å²) in [5.74, 6) is 0.00921. The van der Waals surface area contributed by atoms with Crippen LogP contribution in [-0.2, 0) is 9.53 Å². The van der Waals surface area contributed by atoms with Gasteiger partial charge in [-0.25, -0.2) is 0 Å². The van der Waals surface area contributed by atoms with E-state index in [4.69, 9.17) is 4.74 Å². The fourth-order valence-corrected chi connectivity index (χ4v) is 1.22. The first kappa shape index (κ1) is 13.8. The molecule has 0 spiro atoms. The Morgan fingerprint density at radius 3 is 2.60 bits per heavy atom. The average Bonchev–Trinajstić information content (AvgIpc) is 2.47. The van der Waals surface area contributed by atoms with E-state index >= 15 is 0 Å². The van der Waals surface area contributed by atoms with Crippen molar-refractivity contribution in [2.24, 2.45) is 0 Å². The monoisotopic (exact) mass is 229 g/mol. The maximum atomic E-state index is 11.8. The van der Waals surface area contributed by atoms with Crippen LogP contribution >= 0.6 is 12.4 Å². The summed E-state index contributed by atoms with van der Waals surface area (Å²) in [7, 11) is 0. The second kappa shape index (κ2) is 7.12. The number of nitrogens with zero attached hydrogens (tertiary/aromatic N) is 1. The number of carbonyl (C=O) groups is 1. The van der Waals surface area contributed by atoms with Crippen molar-refractivity contribution >= 4 is 18.3 Å². The highest BCUT2D eigenvalue weighted by molar-refractivity contribution is 5.96. The van der Waals surface area contributed by atoms with Crippen molar-refractivity contribution < 1.29 is 9.53 Å². The highest BCUT2D eigenvalue weighted by atomic mass is 35.5. The summed E-state index contributed by atoms with van der Waals surface area (Å²) in [5.41, 5.74) is 0.582. The first-order valence-electron chi connectivity index (χ1n) is 4.77. The largest absolute Gasteiger partial charge is 0.472 e. The molecule has 3 nitrogen and oxygen atoms in total. The number of hydrogen-bond donors (Lipinski definition) is 0. The van der Waals surface area contributed by atoms with Crippen LogP contribution < -0.4 is 0 Å². The Morgan fingerprint density at radius 1 is 1.33 bits per heavy atom. The molecule has 1 aliphatic heterocycles. The Balaban J connectivity index is 0.00000196. The van der Waals surface area contributed by atoms with Gasteiger partial charge in [0.15, 0.2) is 0 Å². The summed E-state index contributed by atoms with van der Waals surface area (Å²) in [4.78, 5) is 13.6. The van der Waals surface area contributed by atoms with Crippen molar-refractivity contribution in [2.45, 2.75) is 13.8 Å². The van der Waals surface area contributed by atoms with Crippen LogP contribution in [0.3, 0.4) is 0 Å². The SMILES string of the molecule is CCN(CC)C(=O)C1=COC=CC=C1.Cl. The Bertz CT molecular complexity index is 291. The second-order valence-corrected chi connectivity index (χ2v) is 2.87. The predicted molar refractivity (Wildman–Crippen MR) is 62.6 cm³/mol. The maximum absolute atomic E-state index is 11.8. The summed E-state index contributed by atoms with van der Waals surface area (Å²) in [6, 6.07) is 0. The fourth-order valence-electron chi connectivity index (χ4n) is 1.22. The Kier molecular flexibility index (Phi) is 6.54. The minimum atomic E-state index is 0. The number of rotatable bonds is 3. The molecule has 0 unspecified atom stereocenters. The molecule has 1 amide bonds. The molecule has 0 bridgehead atoms. The van der Waals surface area contributed by atoms with E-state index in [2.05, 4.69) is 0 Å². The molecule has 0 aromatic heterocycles. The molecule has 0 saturated heterocycles. The van der Waals surface area contributed by atoms with E-state index in [0.717, 1.165) is 0 Å². The lowest BCUT2D eigenvalue weighted by Gasteiger charge is -2.18. The van der Waals surface area contributed by atoms with Crippen molar-refractivity contribution in [1.82, 2.24) is 4.90 Å². The zero-order valence-electron chi connectivity index (χ0n) is 8.97. The number of halogens is 1. The molecule has 15 heavy (non-hydrogen) atoms. The summed E-state index contributed by atoms with van der Waals surface area (Å²) in [5, 5.41) is 0. The number of hydrogen-bond acceptors (Lipinski definition) is 2. The highest BCUT2D eigenvalue weighted by Gasteiger charge is 2.13. The van der Waals surface area contributed by atoms with Gasteiger partial charge in [0.05, 0.1) is 11.8 Å². The van der Waals surface area contributed by atoms with Gasteiger partial charge in [-0.15, -0.1) is 12.4 Å². The molecule has 0 radical (unpaired) electrons. The van der Waals surface area contributed by atoms with Gasteiger partial charge in [-0.2, -0.15) is 0 Å². The zero-order valence-corrected chi connectivity index (χ0v) is 9.79. The van der Waals surface area contributed by atoms with Crippen LogP contribution in [0.1, 0.15) is 13.8 Å². The number of ether oxygens (including phenoxy) is 1. The average molecular weight is 230 g/mol. The van der Waals surface area contributed by atoms with Crippen LogP contribution in [0, 0.1) is 0 Å². The number of carbonyl (C=O) groups excluding carboxylic acids is 1. The van der Waals surface area contributed by atoms with Crippen LogP contribution in [0.15, 0.2) is 36.3 Å². The van der Waals surface area contributed by atoms with Crippen molar-refractivity contribution in [3.8, 4) is 0 Å². The van der Waals surface area contributed by atoms with Crippen LogP contribution in [0.4, 0.5) is 0 Å². The van der Waals surface area contributed by atoms with E-state index in [1.165, 1.54) is 6.26 Å². The maximum Gasteiger partial charge on any atom is 0.256 e. The lowest BCUT2D eigenvalue weighted by Crippen LogP contribution is -2.31. The van der Waals surface area contributed by atoms with E-state index in [1.54, 1.807) is 29.4 Å². The topological polar surface area (TPSA) is 29.5 Å². The molecule has 4 heteroatoms. The molecule has 1 rings (SSSR count). The van der Waals surface area contributed by atoms with E-state index in [1.807, 2.05) is 13.8 Å². The molecule has 1 heterocycles. The molecule has 84 valence electrons. The summed E-state index contributed by atoms with van der Waals surface area (Å²) in [6.07, 6.45) is 8.31. The molecule has 1 aliphatic rings. The molecule has 0 aromatic rings. The van der Waals surface area contributed by atoms with Crippen LogP contribution in [0.2, 0.25) is 0 Å². The van der Waals surface area contributed by atoms with Crippen molar-refractivity contribution in [3.63, 3.8) is 0 Å². The van der Waals surface area contributed by atoms with Crippen LogP contribution in [0.25, 0.3) is 0 Å². The fraction of sp³-hybridized carbons (Fsp3) is 0.364. The Hall–Kier alpha value is -1.22. The van der Waals surface area contributed by atoms with E-state index in [9.17, 15) is 4.79 Å². The highest BCUT2D eigenvalue weighted by Crippen LogP contribution is 2.07. The quantitative estimate of drug-likeness (QED) is 0.743. The van der Waals surface area contributed by atoms with Gasteiger partial charge in [0.2, 0.25) is 0 Å². The second-order valence-electron chi connectivity index (χ2n) is 2.87. The van der Waals surface area contributed by atoms with Gasteiger partial charge < -0.3 is 9.64 Å². The third-order valence-corrected chi connectivity index (χ3v) is 2.04. The van der Waals surface area contributed by atoms with Crippen molar-refractivity contribution in [2.75, 3.05) is 13.1 Å². The number of amides is 1. The number of likely N-dealkylation sites (N-methyl/N-ethyl adjacent to an activating group) is 1. The molecule has 0 fully saturated rings. The molecular formula is C11H16ClNO2. The van der Waals surface area contributed by atoms with Gasteiger partial charge in [-0.1, -0.05) is 6.08 Å². The summed E-state index contributed by atoms with van der Waals surface area (Å²) < 4.78 is 5.01. The molecule has 0 aromatic carbocycles. The lowest BCUT2D eigenvalue weighted by atomic mass is 10.2. The first-order chi connectivity index (χ1) is 6.79. The smallest absolute Gasteiger partial charge is 0.256 e.